The number of carbonyl (C=O) groups excluding carboxylic acids is 2. The van der Waals surface area contributed by atoms with Crippen molar-refractivity contribution in [1.82, 2.24) is 10.4 Å². The summed E-state index contributed by atoms with van der Waals surface area (Å²) in [7, 11) is 0. The maximum Gasteiger partial charge on any atom is 0.266 e. The van der Waals surface area contributed by atoms with Gasteiger partial charge < -0.3 is 9.64 Å². The van der Waals surface area contributed by atoms with Crippen LogP contribution in [0.15, 0.2) is 60.7 Å². The second kappa shape index (κ2) is 10.1. The molecule has 0 aromatic heterocycles. The number of nitrogens with one attached hydrogen (secondary N) is 1. The van der Waals surface area contributed by atoms with Crippen LogP contribution >= 0.6 is 0 Å². The van der Waals surface area contributed by atoms with Crippen LogP contribution in [0.1, 0.15) is 50.3 Å². The molecule has 6 nitrogen and oxygen atoms in total. The van der Waals surface area contributed by atoms with Gasteiger partial charge in [-0.15, -0.1) is 0 Å². The first-order chi connectivity index (χ1) is 16.7. The van der Waals surface area contributed by atoms with Gasteiger partial charge >= 0.3 is 0 Å². The predicted molar refractivity (Wildman–Crippen MR) is 136 cm³/mol. The van der Waals surface area contributed by atoms with E-state index in [2.05, 4.69) is 30.3 Å². The molecule has 0 bridgehead atoms. The molecule has 184 valence electrons. The molecule has 0 spiro atoms. The first-order valence-corrected chi connectivity index (χ1v) is 12.2. The molecule has 35 heavy (non-hydrogen) atoms. The van der Waals surface area contributed by atoms with Gasteiger partial charge in [0, 0.05) is 6.54 Å². The number of carbonyl (C=O) groups is 2. The Morgan fingerprint density at radius 3 is 2.54 bits per heavy atom. The van der Waals surface area contributed by atoms with Gasteiger partial charge in [-0.2, -0.15) is 0 Å². The van der Waals surface area contributed by atoms with E-state index in [1.165, 1.54) is 10.8 Å². The molecule has 1 aliphatic rings. The SMILES string of the molecule is Cc1cc(OCc2ccc3ccccc3c2)ccc1C1(C)CCN(C(CC(C)C)C(=O)NO)C1=O. The van der Waals surface area contributed by atoms with Crippen molar-refractivity contribution in [2.45, 2.75) is 58.6 Å². The number of hydrogen-bond acceptors (Lipinski definition) is 4. The van der Waals surface area contributed by atoms with Crippen LogP contribution in [-0.2, 0) is 21.6 Å². The molecule has 3 aromatic rings. The number of hydrogen-bond donors (Lipinski definition) is 2. The smallest absolute Gasteiger partial charge is 0.266 e. The normalized spacial score (nSPS) is 18.8. The lowest BCUT2D eigenvalue weighted by Crippen LogP contribution is -2.49. The van der Waals surface area contributed by atoms with E-state index in [0.717, 1.165) is 22.4 Å². The Morgan fingerprint density at radius 1 is 1.11 bits per heavy atom. The Bertz CT molecular complexity index is 1240. The zero-order valence-electron chi connectivity index (χ0n) is 20.9. The monoisotopic (exact) mass is 474 g/mol. The molecular weight excluding hydrogens is 440 g/mol. The number of hydroxylamine groups is 1. The fourth-order valence-electron chi connectivity index (χ4n) is 5.15. The molecule has 1 fully saturated rings. The topological polar surface area (TPSA) is 78.9 Å². The predicted octanol–water partition coefficient (Wildman–Crippen LogP) is 5.14. The van der Waals surface area contributed by atoms with E-state index >= 15 is 0 Å². The number of nitrogens with zero attached hydrogens (tertiary/aromatic N) is 1. The minimum Gasteiger partial charge on any atom is -0.489 e. The molecule has 1 heterocycles. The second-order valence-electron chi connectivity index (χ2n) is 10.1. The van der Waals surface area contributed by atoms with E-state index in [9.17, 15) is 14.8 Å². The van der Waals surface area contributed by atoms with Crippen LogP contribution in [0.3, 0.4) is 0 Å². The largest absolute Gasteiger partial charge is 0.489 e. The zero-order valence-corrected chi connectivity index (χ0v) is 20.9. The Balaban J connectivity index is 1.50. The van der Waals surface area contributed by atoms with Crippen molar-refractivity contribution >= 4 is 22.6 Å². The lowest BCUT2D eigenvalue weighted by molar-refractivity contribution is -0.144. The molecule has 0 radical (unpaired) electrons. The van der Waals surface area contributed by atoms with Crippen molar-refractivity contribution in [3.05, 3.63) is 77.4 Å². The fourth-order valence-corrected chi connectivity index (χ4v) is 5.15. The fraction of sp³-hybridized carbons (Fsp3) is 0.379. The second-order valence-corrected chi connectivity index (χ2v) is 10.1. The van der Waals surface area contributed by atoms with E-state index < -0.39 is 17.4 Å². The van der Waals surface area contributed by atoms with E-state index in [0.29, 0.717) is 26.0 Å². The number of rotatable bonds is 8. The maximum atomic E-state index is 13.6. The van der Waals surface area contributed by atoms with Gasteiger partial charge in [-0.05, 0) is 78.3 Å². The molecule has 3 aromatic carbocycles. The van der Waals surface area contributed by atoms with Gasteiger partial charge in [-0.25, -0.2) is 5.48 Å². The highest BCUT2D eigenvalue weighted by atomic mass is 16.5. The first kappa shape index (κ1) is 24.7. The minimum atomic E-state index is -0.730. The number of likely N-dealkylation sites (tertiary alicyclic amines) is 1. The molecule has 0 aliphatic carbocycles. The van der Waals surface area contributed by atoms with Crippen LogP contribution in [0.4, 0.5) is 0 Å². The molecular formula is C29H34N2O4. The third-order valence-corrected chi connectivity index (χ3v) is 7.08. The molecule has 2 atom stereocenters. The highest BCUT2D eigenvalue weighted by molar-refractivity contribution is 5.94. The summed E-state index contributed by atoms with van der Waals surface area (Å²) in [5, 5.41) is 11.6. The van der Waals surface area contributed by atoms with Crippen LogP contribution < -0.4 is 10.2 Å². The van der Waals surface area contributed by atoms with Gasteiger partial charge in [0.1, 0.15) is 18.4 Å². The van der Waals surface area contributed by atoms with Gasteiger partial charge in [0.05, 0.1) is 5.41 Å². The van der Waals surface area contributed by atoms with Crippen molar-refractivity contribution in [1.29, 1.82) is 0 Å². The van der Waals surface area contributed by atoms with Gasteiger partial charge in [0.25, 0.3) is 5.91 Å². The van der Waals surface area contributed by atoms with Gasteiger partial charge in [0.15, 0.2) is 0 Å². The van der Waals surface area contributed by atoms with Crippen molar-refractivity contribution in [3.63, 3.8) is 0 Å². The average Bonchev–Trinajstić information content (AvgIpc) is 3.15. The summed E-state index contributed by atoms with van der Waals surface area (Å²) in [6.45, 7) is 8.86. The van der Waals surface area contributed by atoms with Crippen molar-refractivity contribution in [2.24, 2.45) is 5.92 Å². The summed E-state index contributed by atoms with van der Waals surface area (Å²) in [6, 6.07) is 19.7. The highest BCUT2D eigenvalue weighted by Gasteiger charge is 2.48. The number of aryl methyl sites for hydroxylation is 1. The Hall–Kier alpha value is -3.38. The van der Waals surface area contributed by atoms with Crippen molar-refractivity contribution < 1.29 is 19.5 Å². The van der Waals surface area contributed by atoms with Crippen LogP contribution in [-0.4, -0.2) is 34.5 Å². The Morgan fingerprint density at radius 2 is 1.86 bits per heavy atom. The lowest BCUT2D eigenvalue weighted by atomic mass is 9.78. The van der Waals surface area contributed by atoms with Crippen LogP contribution in [0.5, 0.6) is 5.75 Å². The van der Waals surface area contributed by atoms with Gasteiger partial charge in [-0.3, -0.25) is 14.8 Å². The Labute approximate surface area is 206 Å². The standard InChI is InChI=1S/C29H34N2O4/c1-19(2)15-26(27(32)30-34)31-14-13-29(4,28(31)33)25-12-11-24(16-20(25)3)35-18-21-9-10-22-7-5-6-8-23(22)17-21/h5-12,16-17,19,26,34H,13-15,18H2,1-4H3,(H,30,32). The van der Waals surface area contributed by atoms with Crippen LogP contribution in [0.2, 0.25) is 0 Å². The van der Waals surface area contributed by atoms with Crippen molar-refractivity contribution in [2.75, 3.05) is 6.54 Å². The zero-order chi connectivity index (χ0) is 25.2. The molecule has 2 unspecified atom stereocenters. The summed E-state index contributed by atoms with van der Waals surface area (Å²) in [5.74, 6) is 0.338. The van der Waals surface area contributed by atoms with Crippen molar-refractivity contribution in [3.8, 4) is 5.75 Å². The van der Waals surface area contributed by atoms with E-state index in [-0.39, 0.29) is 11.8 Å². The molecule has 2 N–H and O–H groups in total. The quantitative estimate of drug-likeness (QED) is 0.350. The summed E-state index contributed by atoms with van der Waals surface area (Å²) in [5.41, 5.74) is 4.02. The van der Waals surface area contributed by atoms with Gasteiger partial charge in [-0.1, -0.05) is 56.3 Å². The summed E-state index contributed by atoms with van der Waals surface area (Å²) < 4.78 is 6.07. The molecule has 4 rings (SSSR count). The first-order valence-electron chi connectivity index (χ1n) is 12.2. The Kier molecular flexibility index (Phi) is 7.13. The number of benzene rings is 3. The molecule has 2 amide bonds. The van der Waals surface area contributed by atoms with Gasteiger partial charge in [0.2, 0.25) is 5.91 Å². The van der Waals surface area contributed by atoms with E-state index in [1.54, 1.807) is 10.4 Å². The number of amides is 2. The highest BCUT2D eigenvalue weighted by Crippen LogP contribution is 2.39. The molecule has 1 aliphatic heterocycles. The lowest BCUT2D eigenvalue weighted by Gasteiger charge is -2.30. The molecule has 1 saturated heterocycles. The minimum absolute atomic E-state index is 0.0836. The summed E-state index contributed by atoms with van der Waals surface area (Å²) in [4.78, 5) is 27.5. The molecule has 6 heteroatoms. The summed E-state index contributed by atoms with van der Waals surface area (Å²) in [6.07, 6.45) is 1.10. The maximum absolute atomic E-state index is 13.6. The van der Waals surface area contributed by atoms with E-state index in [4.69, 9.17) is 4.74 Å². The average molecular weight is 475 g/mol. The third-order valence-electron chi connectivity index (χ3n) is 7.08. The van der Waals surface area contributed by atoms with E-state index in [1.807, 2.05) is 58.0 Å². The number of fused-ring (bicyclic) bond motifs is 1. The van der Waals surface area contributed by atoms with Crippen LogP contribution in [0.25, 0.3) is 10.8 Å². The van der Waals surface area contributed by atoms with Crippen LogP contribution in [0, 0.1) is 12.8 Å². The third kappa shape index (κ3) is 5.03. The summed E-state index contributed by atoms with van der Waals surface area (Å²) >= 11 is 0. The number of ether oxygens (including phenoxy) is 1. The molecule has 0 saturated carbocycles.